The lowest BCUT2D eigenvalue weighted by molar-refractivity contribution is 0.0400. The number of hydrogen-bond donors (Lipinski definition) is 1. The summed E-state index contributed by atoms with van der Waals surface area (Å²) in [6.07, 6.45) is 7.17. The van der Waals surface area contributed by atoms with E-state index in [4.69, 9.17) is 4.74 Å². The zero-order chi connectivity index (χ0) is 23.6. The van der Waals surface area contributed by atoms with Gasteiger partial charge in [0.2, 0.25) is 0 Å². The Bertz CT molecular complexity index is 642. The van der Waals surface area contributed by atoms with E-state index in [0.717, 1.165) is 37.8 Å². The Labute approximate surface area is 191 Å². The van der Waals surface area contributed by atoms with Gasteiger partial charge in [-0.25, -0.2) is 4.79 Å². The second-order valence-corrected chi connectivity index (χ2v) is 7.16. The highest BCUT2D eigenvalue weighted by molar-refractivity contribution is 5.69. The molecule has 2 rings (SSSR count). The van der Waals surface area contributed by atoms with Crippen LogP contribution in [0.3, 0.4) is 0 Å². The number of hydrogen-bond acceptors (Lipinski definition) is 3. The number of allylic oxidation sites excluding steroid dienone is 1. The van der Waals surface area contributed by atoms with Gasteiger partial charge in [0.1, 0.15) is 6.61 Å². The molecule has 0 aliphatic carbocycles. The molecule has 1 aromatic carbocycles. The van der Waals surface area contributed by atoms with Crippen LogP contribution in [0.1, 0.15) is 59.4 Å². The molecular weight excluding hydrogens is 384 g/mol. The molecular formula is C27H44N2O2. The quantitative estimate of drug-likeness (QED) is 0.377. The van der Waals surface area contributed by atoms with Crippen LogP contribution in [0.2, 0.25) is 0 Å². The Hall–Kier alpha value is -2.33. The third-order valence-corrected chi connectivity index (χ3v) is 5.38. The minimum absolute atomic E-state index is 0.139. The van der Waals surface area contributed by atoms with Crippen molar-refractivity contribution in [1.82, 2.24) is 10.2 Å². The zero-order valence-electron chi connectivity index (χ0n) is 20.4. The van der Waals surface area contributed by atoms with Gasteiger partial charge in [0.25, 0.3) is 0 Å². The monoisotopic (exact) mass is 428 g/mol. The minimum atomic E-state index is -0.209. The Morgan fingerprint density at radius 1 is 1.16 bits per heavy atom. The number of benzene rings is 1. The second kappa shape index (κ2) is 17.4. The molecule has 1 heterocycles. The Kier molecular flexibility index (Phi) is 16.1. The predicted octanol–water partition coefficient (Wildman–Crippen LogP) is 6.55. The van der Waals surface area contributed by atoms with Gasteiger partial charge in [-0.15, -0.1) is 13.2 Å². The number of rotatable bonds is 8. The number of nitrogens with zero attached hydrogens (tertiary/aromatic N) is 1. The van der Waals surface area contributed by atoms with E-state index in [0.29, 0.717) is 6.04 Å². The smallest absolute Gasteiger partial charge is 0.410 e. The van der Waals surface area contributed by atoms with Crippen molar-refractivity contribution in [1.29, 1.82) is 0 Å². The highest BCUT2D eigenvalue weighted by Gasteiger charge is 2.38. The van der Waals surface area contributed by atoms with Crippen molar-refractivity contribution in [3.63, 3.8) is 0 Å². The van der Waals surface area contributed by atoms with Gasteiger partial charge in [-0.1, -0.05) is 76.8 Å². The lowest BCUT2D eigenvalue weighted by atomic mass is 9.87. The lowest BCUT2D eigenvalue weighted by Gasteiger charge is -2.44. The first-order valence-electron chi connectivity index (χ1n) is 11.6. The third-order valence-electron chi connectivity index (χ3n) is 5.38. The van der Waals surface area contributed by atoms with Crippen molar-refractivity contribution in [3.8, 4) is 0 Å². The van der Waals surface area contributed by atoms with E-state index in [9.17, 15) is 4.79 Å². The fraction of sp³-hybridized carbons (Fsp3) is 0.519. The highest BCUT2D eigenvalue weighted by Crippen LogP contribution is 2.29. The normalized spacial score (nSPS) is 20.5. The molecule has 1 aliphatic heterocycles. The van der Waals surface area contributed by atoms with Crippen molar-refractivity contribution in [2.45, 2.75) is 78.4 Å². The van der Waals surface area contributed by atoms with E-state index in [2.05, 4.69) is 63.2 Å². The maximum Gasteiger partial charge on any atom is 0.410 e. The third kappa shape index (κ3) is 9.56. The molecule has 1 saturated heterocycles. The molecule has 1 aromatic rings. The summed E-state index contributed by atoms with van der Waals surface area (Å²) >= 11 is 0. The van der Waals surface area contributed by atoms with Gasteiger partial charge in [0.05, 0.1) is 0 Å². The lowest BCUT2D eigenvalue weighted by Crippen LogP contribution is -2.57. The largest absolute Gasteiger partial charge is 0.445 e. The van der Waals surface area contributed by atoms with Crippen LogP contribution in [-0.4, -0.2) is 42.3 Å². The van der Waals surface area contributed by atoms with Gasteiger partial charge >= 0.3 is 6.09 Å². The number of likely N-dealkylation sites (tertiary alicyclic amines) is 1. The van der Waals surface area contributed by atoms with Crippen molar-refractivity contribution in [2.24, 2.45) is 0 Å². The first-order chi connectivity index (χ1) is 15.1. The van der Waals surface area contributed by atoms with Gasteiger partial charge in [-0.2, -0.15) is 0 Å². The number of carbonyl (C=O) groups is 1. The number of carbonyl (C=O) groups excluding carboxylic acids is 1. The fourth-order valence-electron chi connectivity index (χ4n) is 3.94. The summed E-state index contributed by atoms with van der Waals surface area (Å²) in [5.74, 6) is 0. The topological polar surface area (TPSA) is 41.6 Å². The van der Waals surface area contributed by atoms with E-state index in [1.54, 1.807) is 6.08 Å². The molecule has 0 aromatic heterocycles. The Morgan fingerprint density at radius 3 is 2.29 bits per heavy atom. The molecule has 0 saturated carbocycles. The number of piperidine rings is 1. The van der Waals surface area contributed by atoms with Gasteiger partial charge in [-0.05, 0) is 50.3 Å². The first-order valence-corrected chi connectivity index (χ1v) is 11.6. The SMILES string of the molecule is C=C.C=C/C(=C\C)COC(=O)N1C(CC)CC(NCC)CC1Cc1ccccc1.CC. The summed E-state index contributed by atoms with van der Waals surface area (Å²) in [6.45, 7) is 21.2. The molecule has 0 bridgehead atoms. The molecule has 1 amide bonds. The molecule has 0 radical (unpaired) electrons. The van der Waals surface area contributed by atoms with Crippen LogP contribution in [-0.2, 0) is 11.2 Å². The van der Waals surface area contributed by atoms with E-state index < -0.39 is 0 Å². The summed E-state index contributed by atoms with van der Waals surface area (Å²) in [5, 5.41) is 3.59. The van der Waals surface area contributed by atoms with Crippen molar-refractivity contribution >= 4 is 6.09 Å². The van der Waals surface area contributed by atoms with E-state index >= 15 is 0 Å². The molecule has 3 atom stereocenters. The molecule has 1 N–H and O–H groups in total. The molecule has 31 heavy (non-hydrogen) atoms. The van der Waals surface area contributed by atoms with Gasteiger partial charge < -0.3 is 15.0 Å². The van der Waals surface area contributed by atoms with E-state index in [-0.39, 0.29) is 24.8 Å². The molecule has 1 fully saturated rings. The van der Waals surface area contributed by atoms with Crippen LogP contribution in [0.15, 0.2) is 67.8 Å². The fourth-order valence-corrected chi connectivity index (χ4v) is 3.94. The maximum absolute atomic E-state index is 13.0. The molecule has 0 spiro atoms. The van der Waals surface area contributed by atoms with E-state index in [1.165, 1.54) is 5.56 Å². The minimum Gasteiger partial charge on any atom is -0.445 e. The summed E-state index contributed by atoms with van der Waals surface area (Å²) < 4.78 is 5.65. The summed E-state index contributed by atoms with van der Waals surface area (Å²) in [7, 11) is 0. The average Bonchev–Trinajstić information content (AvgIpc) is 2.82. The van der Waals surface area contributed by atoms with Crippen LogP contribution in [0.4, 0.5) is 4.79 Å². The molecule has 174 valence electrons. The van der Waals surface area contributed by atoms with Crippen molar-refractivity contribution in [3.05, 3.63) is 73.4 Å². The van der Waals surface area contributed by atoms with E-state index in [1.807, 2.05) is 37.8 Å². The maximum atomic E-state index is 13.0. The van der Waals surface area contributed by atoms with Gasteiger partial charge in [0, 0.05) is 18.1 Å². The number of nitrogens with one attached hydrogen (secondary N) is 1. The molecule has 3 unspecified atom stereocenters. The zero-order valence-corrected chi connectivity index (χ0v) is 20.4. The van der Waals surface area contributed by atoms with Crippen LogP contribution in [0.5, 0.6) is 0 Å². The summed E-state index contributed by atoms with van der Waals surface area (Å²) in [4.78, 5) is 15.0. The van der Waals surface area contributed by atoms with Crippen LogP contribution in [0.25, 0.3) is 0 Å². The van der Waals surface area contributed by atoms with Gasteiger partial charge in [-0.3, -0.25) is 0 Å². The molecule has 1 aliphatic rings. The van der Waals surface area contributed by atoms with Crippen molar-refractivity contribution in [2.75, 3.05) is 13.2 Å². The highest BCUT2D eigenvalue weighted by atomic mass is 16.6. The Morgan fingerprint density at radius 2 is 1.77 bits per heavy atom. The molecule has 4 nitrogen and oxygen atoms in total. The average molecular weight is 429 g/mol. The second-order valence-electron chi connectivity index (χ2n) is 7.16. The van der Waals surface area contributed by atoms with Crippen molar-refractivity contribution < 1.29 is 9.53 Å². The van der Waals surface area contributed by atoms with Gasteiger partial charge in [0.15, 0.2) is 0 Å². The number of amides is 1. The summed E-state index contributed by atoms with van der Waals surface area (Å²) in [6, 6.07) is 11.2. The predicted molar refractivity (Wildman–Crippen MR) is 134 cm³/mol. The summed E-state index contributed by atoms with van der Waals surface area (Å²) in [5.41, 5.74) is 2.19. The standard InChI is InChI=1S/C23H34N2O2.C2H6.C2H4/c1-5-18(6-2)17-27-23(26)25-21(7-3)15-20(24-8-4)16-22(25)14-19-12-10-9-11-13-19;2*1-2/h5-6,9-13,20-22,24H,1,7-8,14-17H2,2-4H3;1-2H3;1-2H2/b18-6+;;. The van der Waals surface area contributed by atoms with Crippen LogP contribution >= 0.6 is 0 Å². The Balaban J connectivity index is 0.00000212. The van der Waals surface area contributed by atoms with Crippen LogP contribution in [0, 0.1) is 0 Å². The molecule has 4 heteroatoms. The first kappa shape index (κ1) is 28.7. The number of ether oxygens (including phenoxy) is 1. The van der Waals surface area contributed by atoms with Crippen LogP contribution < -0.4 is 5.32 Å².